The molecule has 3 saturated heterocycles. The van der Waals surface area contributed by atoms with Gasteiger partial charge in [0.1, 0.15) is 5.70 Å². The Morgan fingerprint density at radius 3 is 2.69 bits per heavy atom. The molecule has 9 nitrogen and oxygen atoms in total. The molecule has 3 N–H and O–H groups in total. The van der Waals surface area contributed by atoms with E-state index >= 15 is 0 Å². The first-order valence-electron chi connectivity index (χ1n) is 11.4. The van der Waals surface area contributed by atoms with E-state index in [1.165, 1.54) is 4.90 Å². The number of β-lactam (4-membered cyclic amide) rings is 1. The number of aliphatic hydroxyl groups excluding tert-OH is 1. The summed E-state index contributed by atoms with van der Waals surface area (Å²) in [7, 11) is 3.56. The van der Waals surface area contributed by atoms with E-state index in [-0.39, 0.29) is 40.8 Å². The normalized spacial score (nSPS) is 35.8. The van der Waals surface area contributed by atoms with Crippen molar-refractivity contribution in [1.82, 2.24) is 20.0 Å². The van der Waals surface area contributed by atoms with Gasteiger partial charge in [-0.1, -0.05) is 6.92 Å². The second-order valence-electron chi connectivity index (χ2n) is 9.86. The maximum absolute atomic E-state index is 12.5. The Morgan fingerprint density at radius 1 is 1.34 bits per heavy atom. The highest BCUT2D eigenvalue weighted by molar-refractivity contribution is 8.03. The van der Waals surface area contributed by atoms with Gasteiger partial charge in [0, 0.05) is 43.3 Å². The Kier molecular flexibility index (Phi) is 6.59. The van der Waals surface area contributed by atoms with Gasteiger partial charge in [-0.15, -0.1) is 11.8 Å². The van der Waals surface area contributed by atoms with Crippen molar-refractivity contribution in [2.24, 2.45) is 17.8 Å². The number of likely N-dealkylation sites (tertiary alicyclic amines) is 1. The largest absolute Gasteiger partial charge is 0.477 e. The predicted molar refractivity (Wildman–Crippen MR) is 121 cm³/mol. The van der Waals surface area contributed by atoms with Crippen LogP contribution in [0.25, 0.3) is 0 Å². The third-order valence-electron chi connectivity index (χ3n) is 7.31. The fraction of sp³-hybridized carbons (Fsp3) is 0.773. The molecule has 0 radical (unpaired) electrons. The van der Waals surface area contributed by atoms with E-state index in [0.717, 1.165) is 43.9 Å². The topological polar surface area (TPSA) is 113 Å². The number of aliphatic hydroxyl groups is 1. The SMILES string of the molecule is C[C@@H](O)[C@H]1C(=O)N2C(C(=O)O)=C(S[C@@H]3CCN(C[C@H]4CN[C@@H](C(=O)N(C)C)C4)C3)[C@H](C)[C@H]12. The van der Waals surface area contributed by atoms with Gasteiger partial charge in [0.15, 0.2) is 0 Å². The van der Waals surface area contributed by atoms with Crippen LogP contribution in [0, 0.1) is 17.8 Å². The van der Waals surface area contributed by atoms with Crippen molar-refractivity contribution >= 4 is 29.5 Å². The summed E-state index contributed by atoms with van der Waals surface area (Å²) in [5, 5.41) is 23.4. The summed E-state index contributed by atoms with van der Waals surface area (Å²) in [5.41, 5.74) is 0.109. The van der Waals surface area contributed by atoms with E-state index in [1.54, 1.807) is 37.7 Å². The van der Waals surface area contributed by atoms with Crippen LogP contribution in [0.3, 0.4) is 0 Å². The molecule has 0 aromatic carbocycles. The zero-order valence-corrected chi connectivity index (χ0v) is 20.0. The Labute approximate surface area is 193 Å². The molecule has 4 rings (SSSR count). The third kappa shape index (κ3) is 4.06. The molecule has 32 heavy (non-hydrogen) atoms. The standard InChI is InChI=1S/C22H34N4O5S/c1-11-17-16(12(2)27)21(29)26(17)18(22(30)31)19(11)32-14-5-6-25(10-14)9-13-7-15(23-8-13)20(28)24(3)4/h11-17,23,27H,5-10H2,1-4H3,(H,30,31)/t11-,12-,13-,14-,15-,16-,17-/m1/s1. The number of amides is 2. The number of aliphatic carboxylic acids is 1. The molecule has 10 heteroatoms. The molecule has 2 amide bonds. The molecule has 0 aromatic rings. The van der Waals surface area contributed by atoms with Crippen molar-refractivity contribution in [1.29, 1.82) is 0 Å². The van der Waals surface area contributed by atoms with E-state index in [9.17, 15) is 24.6 Å². The summed E-state index contributed by atoms with van der Waals surface area (Å²) in [4.78, 5) is 42.9. The minimum Gasteiger partial charge on any atom is -0.477 e. The van der Waals surface area contributed by atoms with Crippen molar-refractivity contribution in [3.8, 4) is 0 Å². The molecule has 4 aliphatic heterocycles. The number of hydrogen-bond acceptors (Lipinski definition) is 7. The summed E-state index contributed by atoms with van der Waals surface area (Å²) in [6.07, 6.45) is 1.03. The Bertz CT molecular complexity index is 831. The summed E-state index contributed by atoms with van der Waals surface area (Å²) in [6.45, 7) is 7.16. The molecule has 0 aliphatic carbocycles. The van der Waals surface area contributed by atoms with E-state index in [4.69, 9.17) is 0 Å². The first kappa shape index (κ1) is 23.5. The van der Waals surface area contributed by atoms with Gasteiger partial charge < -0.3 is 30.2 Å². The van der Waals surface area contributed by atoms with Crippen LogP contribution >= 0.6 is 11.8 Å². The molecule has 3 fully saturated rings. The Hall–Kier alpha value is -1.62. The average molecular weight is 467 g/mol. The van der Waals surface area contributed by atoms with Crippen molar-refractivity contribution in [3.05, 3.63) is 10.6 Å². The number of carbonyl (C=O) groups excluding carboxylic acids is 2. The zero-order valence-electron chi connectivity index (χ0n) is 19.2. The summed E-state index contributed by atoms with van der Waals surface area (Å²) >= 11 is 1.60. The van der Waals surface area contributed by atoms with E-state index < -0.39 is 18.0 Å². The quantitative estimate of drug-likeness (QED) is 0.450. The number of carboxylic acid groups (broad SMARTS) is 1. The zero-order chi connectivity index (χ0) is 23.3. The molecule has 7 atom stereocenters. The summed E-state index contributed by atoms with van der Waals surface area (Å²) in [5.74, 6) is -1.41. The highest BCUT2D eigenvalue weighted by atomic mass is 32.2. The Balaban J connectivity index is 1.36. The molecule has 4 aliphatic rings. The first-order chi connectivity index (χ1) is 15.1. The lowest BCUT2D eigenvalue weighted by Crippen LogP contribution is -2.63. The van der Waals surface area contributed by atoms with E-state index in [2.05, 4.69) is 10.2 Å². The van der Waals surface area contributed by atoms with Crippen LogP contribution in [-0.4, -0.2) is 106 Å². The fourth-order valence-electron chi connectivity index (χ4n) is 5.73. The lowest BCUT2D eigenvalue weighted by molar-refractivity contribution is -0.163. The number of thioether (sulfide) groups is 1. The third-order valence-corrected chi connectivity index (χ3v) is 8.85. The van der Waals surface area contributed by atoms with Crippen LogP contribution in [0.1, 0.15) is 26.7 Å². The minimum absolute atomic E-state index is 0.0886. The van der Waals surface area contributed by atoms with Gasteiger partial charge in [0.05, 0.1) is 24.1 Å². The number of carboxylic acids is 1. The number of nitrogens with one attached hydrogen (secondary N) is 1. The lowest BCUT2D eigenvalue weighted by atomic mass is 9.79. The smallest absolute Gasteiger partial charge is 0.353 e. The van der Waals surface area contributed by atoms with Crippen LogP contribution in [-0.2, 0) is 14.4 Å². The number of hydrogen-bond donors (Lipinski definition) is 3. The Morgan fingerprint density at radius 2 is 2.06 bits per heavy atom. The minimum atomic E-state index is -1.07. The van der Waals surface area contributed by atoms with Gasteiger partial charge in [-0.2, -0.15) is 0 Å². The van der Waals surface area contributed by atoms with Gasteiger partial charge in [-0.3, -0.25) is 9.59 Å². The van der Waals surface area contributed by atoms with Gasteiger partial charge in [-0.25, -0.2) is 4.79 Å². The predicted octanol–water partition coefficient (Wildman–Crippen LogP) is 0.0139. The molecule has 0 saturated carbocycles. The molecular formula is C22H34N4O5S. The van der Waals surface area contributed by atoms with Crippen molar-refractivity contribution in [3.63, 3.8) is 0 Å². The summed E-state index contributed by atoms with van der Waals surface area (Å²) in [6, 6.07) is -0.362. The highest BCUT2D eigenvalue weighted by Gasteiger charge is 2.60. The van der Waals surface area contributed by atoms with E-state index in [0.29, 0.717) is 5.92 Å². The van der Waals surface area contributed by atoms with Crippen molar-refractivity contribution in [2.75, 3.05) is 40.3 Å². The number of rotatable bonds is 7. The number of likely N-dealkylation sites (N-methyl/N-ethyl adjacent to an activating group) is 1. The first-order valence-corrected chi connectivity index (χ1v) is 12.3. The van der Waals surface area contributed by atoms with Crippen molar-refractivity contribution in [2.45, 2.75) is 50.1 Å². The molecule has 0 bridgehead atoms. The molecule has 178 valence electrons. The second-order valence-corrected chi connectivity index (χ2v) is 11.2. The van der Waals surface area contributed by atoms with Crippen molar-refractivity contribution < 1.29 is 24.6 Å². The molecule has 0 aromatic heterocycles. The molecule has 0 unspecified atom stereocenters. The van der Waals surface area contributed by atoms with Crippen LogP contribution in [0.4, 0.5) is 0 Å². The molecule has 0 spiro atoms. The van der Waals surface area contributed by atoms with Gasteiger partial charge in [0.2, 0.25) is 11.8 Å². The van der Waals surface area contributed by atoms with Gasteiger partial charge in [0.25, 0.3) is 0 Å². The van der Waals surface area contributed by atoms with Gasteiger partial charge >= 0.3 is 5.97 Å². The van der Waals surface area contributed by atoms with Crippen LogP contribution < -0.4 is 5.32 Å². The van der Waals surface area contributed by atoms with Gasteiger partial charge in [-0.05, 0) is 38.8 Å². The van der Waals surface area contributed by atoms with E-state index in [1.807, 2.05) is 6.92 Å². The van der Waals surface area contributed by atoms with Crippen LogP contribution in [0.15, 0.2) is 10.6 Å². The number of fused-ring (bicyclic) bond motifs is 1. The monoisotopic (exact) mass is 466 g/mol. The fourth-order valence-corrected chi connectivity index (χ4v) is 7.25. The van der Waals surface area contributed by atoms with Crippen LogP contribution in [0.2, 0.25) is 0 Å². The number of nitrogens with zero attached hydrogens (tertiary/aromatic N) is 3. The molecule has 4 heterocycles. The maximum Gasteiger partial charge on any atom is 0.353 e. The molecular weight excluding hydrogens is 432 g/mol. The van der Waals surface area contributed by atoms with Crippen LogP contribution in [0.5, 0.6) is 0 Å². The average Bonchev–Trinajstić information content (AvgIpc) is 3.41. The highest BCUT2D eigenvalue weighted by Crippen LogP contribution is 2.51. The lowest BCUT2D eigenvalue weighted by Gasteiger charge is -2.46. The number of carbonyl (C=O) groups is 3. The maximum atomic E-state index is 12.5. The summed E-state index contributed by atoms with van der Waals surface area (Å²) < 4.78 is 0. The second kappa shape index (κ2) is 8.96.